The number of hydrogen-bond acceptors (Lipinski definition) is 10. The number of nitrogens with zero attached hydrogens (tertiary/aromatic N) is 9. The number of aliphatic carboxylic acids is 1. The van der Waals surface area contributed by atoms with Gasteiger partial charge in [-0.25, -0.2) is 9.78 Å². The van der Waals surface area contributed by atoms with Crippen molar-refractivity contribution < 1.29 is 27.9 Å². The Morgan fingerprint density at radius 1 is 1.00 bits per heavy atom. The number of fused-ring (bicyclic) bond motifs is 1. The Morgan fingerprint density at radius 2 is 1.63 bits per heavy atom. The molecular formula is C33H43F3N10O3. The molecule has 1 aromatic carbocycles. The third-order valence-corrected chi connectivity index (χ3v) is 9.53. The minimum Gasteiger partial charge on any atom is -0.475 e. The number of likely N-dealkylation sites (tertiary alicyclic amines) is 1. The fourth-order valence-corrected chi connectivity index (χ4v) is 6.70. The number of aromatic nitrogens is 4. The number of rotatable bonds is 8. The molecule has 6 rings (SSSR count). The molecule has 0 radical (unpaired) electrons. The van der Waals surface area contributed by atoms with E-state index >= 15 is 0 Å². The highest BCUT2D eigenvalue weighted by Crippen LogP contribution is 2.29. The molecule has 2 aliphatic heterocycles. The zero-order chi connectivity index (χ0) is 35.1. The summed E-state index contributed by atoms with van der Waals surface area (Å²) in [5.41, 5.74) is 6.05. The van der Waals surface area contributed by atoms with Crippen molar-refractivity contribution in [3.63, 3.8) is 0 Å². The van der Waals surface area contributed by atoms with E-state index in [0.29, 0.717) is 41.0 Å². The molecule has 3 aromatic rings. The van der Waals surface area contributed by atoms with Crippen LogP contribution in [0.15, 0.2) is 30.6 Å². The Morgan fingerprint density at radius 3 is 2.22 bits per heavy atom. The van der Waals surface area contributed by atoms with E-state index in [1.165, 1.54) is 57.4 Å². The van der Waals surface area contributed by atoms with Gasteiger partial charge >= 0.3 is 12.1 Å². The van der Waals surface area contributed by atoms with Gasteiger partial charge < -0.3 is 14.6 Å². The molecule has 16 heteroatoms. The van der Waals surface area contributed by atoms with Crippen LogP contribution < -0.4 is 10.4 Å². The molecule has 3 aliphatic rings. The summed E-state index contributed by atoms with van der Waals surface area (Å²) >= 11 is 0. The zero-order valence-electron chi connectivity index (χ0n) is 27.9. The molecule has 4 heterocycles. The fourth-order valence-electron chi connectivity index (χ4n) is 6.70. The SMILES string of the molecule is CN1CCN(C2CCN(Cc3ccc(C(=O)NN(CC4CCCC4)c4nc(C#N)nc5c4ncn5C)cc3)CC2)CC1.O=C(O)C(F)(F)F. The molecule has 0 bridgehead atoms. The van der Waals surface area contributed by atoms with Crippen molar-refractivity contribution in [1.82, 2.24) is 39.6 Å². The Kier molecular flexibility index (Phi) is 11.7. The van der Waals surface area contributed by atoms with Gasteiger partial charge in [0, 0.05) is 57.9 Å². The molecule has 13 nitrogen and oxygen atoms in total. The standard InChI is InChI=1S/C31H42N10O.C2HF3O2/c1-37-15-17-40(18-16-37)26-11-13-39(14-12-26)20-24-7-9-25(10-8-24)31(42)36-41(21-23-5-3-4-6-23)30-28-29(38(2)22-33-28)34-27(19-32)35-30;3-2(4,5)1(6)7/h7-10,22-23,26H,3-6,11-18,20-21H2,1-2H3,(H,36,42);(H,6,7). The number of benzene rings is 1. The summed E-state index contributed by atoms with van der Waals surface area (Å²) in [6.07, 6.45) is 3.61. The first kappa shape index (κ1) is 36.0. The number of anilines is 1. The minimum atomic E-state index is -5.08. The van der Waals surface area contributed by atoms with Crippen molar-refractivity contribution in [2.75, 3.05) is 57.9 Å². The normalized spacial score (nSPS) is 18.5. The van der Waals surface area contributed by atoms with Crippen LogP contribution in [-0.2, 0) is 18.4 Å². The monoisotopic (exact) mass is 684 g/mol. The van der Waals surface area contributed by atoms with Crippen LogP contribution in [0.3, 0.4) is 0 Å². The van der Waals surface area contributed by atoms with Gasteiger partial charge in [-0.2, -0.15) is 28.4 Å². The van der Waals surface area contributed by atoms with Gasteiger partial charge in [0.05, 0.1) is 6.33 Å². The van der Waals surface area contributed by atoms with Crippen LogP contribution in [0.4, 0.5) is 19.0 Å². The van der Waals surface area contributed by atoms with E-state index in [2.05, 4.69) is 60.3 Å². The summed E-state index contributed by atoms with van der Waals surface area (Å²) in [5, 5.41) is 18.5. The smallest absolute Gasteiger partial charge is 0.475 e. The molecule has 3 fully saturated rings. The van der Waals surface area contributed by atoms with E-state index in [4.69, 9.17) is 9.90 Å². The largest absolute Gasteiger partial charge is 0.490 e. The third-order valence-electron chi connectivity index (χ3n) is 9.53. The topological polar surface area (TPSA) is 147 Å². The first-order valence-corrected chi connectivity index (χ1v) is 16.6. The molecular weight excluding hydrogens is 641 g/mol. The summed E-state index contributed by atoms with van der Waals surface area (Å²) in [5.74, 6) is -1.99. The summed E-state index contributed by atoms with van der Waals surface area (Å²) < 4.78 is 33.5. The van der Waals surface area contributed by atoms with Crippen LogP contribution in [0.25, 0.3) is 11.2 Å². The van der Waals surface area contributed by atoms with Crippen molar-refractivity contribution in [3.8, 4) is 6.07 Å². The number of alkyl halides is 3. The van der Waals surface area contributed by atoms with E-state index in [1.54, 1.807) is 15.9 Å². The Balaban J connectivity index is 0.000000606. The number of nitriles is 1. The second-order valence-corrected chi connectivity index (χ2v) is 13.1. The minimum absolute atomic E-state index is 0.0590. The fraction of sp³-hybridized carbons (Fsp3) is 0.576. The average Bonchev–Trinajstić information content (AvgIpc) is 3.74. The summed E-state index contributed by atoms with van der Waals surface area (Å²) in [6, 6.07) is 10.7. The van der Waals surface area contributed by atoms with E-state index in [9.17, 15) is 23.2 Å². The van der Waals surface area contributed by atoms with Crippen molar-refractivity contribution >= 4 is 28.9 Å². The molecule has 264 valence electrons. The van der Waals surface area contributed by atoms with E-state index in [-0.39, 0.29) is 11.7 Å². The van der Waals surface area contributed by atoms with Gasteiger partial charge in [0.25, 0.3) is 5.91 Å². The Hall–Kier alpha value is -4.33. The number of imidazole rings is 1. The number of carbonyl (C=O) groups excluding carboxylic acids is 1. The molecule has 2 N–H and O–H groups in total. The number of halogens is 3. The van der Waals surface area contributed by atoms with E-state index in [0.717, 1.165) is 32.5 Å². The molecule has 49 heavy (non-hydrogen) atoms. The summed E-state index contributed by atoms with van der Waals surface area (Å²) in [4.78, 5) is 43.4. The second kappa shape index (κ2) is 15.9. The number of aryl methyl sites for hydroxylation is 1. The molecule has 1 saturated carbocycles. The number of hydrogen-bond donors (Lipinski definition) is 2. The van der Waals surface area contributed by atoms with Crippen LogP contribution >= 0.6 is 0 Å². The van der Waals surface area contributed by atoms with E-state index in [1.807, 2.05) is 19.2 Å². The summed E-state index contributed by atoms with van der Waals surface area (Å²) in [7, 11) is 4.05. The predicted octanol–water partition coefficient (Wildman–Crippen LogP) is 3.42. The number of amides is 1. The molecule has 1 amide bonds. The lowest BCUT2D eigenvalue weighted by atomic mass is 10.0. The van der Waals surface area contributed by atoms with Crippen LogP contribution in [0, 0.1) is 17.2 Å². The third kappa shape index (κ3) is 9.43. The van der Waals surface area contributed by atoms with Crippen LogP contribution in [0.1, 0.15) is 60.3 Å². The van der Waals surface area contributed by atoms with Gasteiger partial charge in [0.1, 0.15) is 6.07 Å². The zero-order valence-corrected chi connectivity index (χ0v) is 27.9. The molecule has 1 aliphatic carbocycles. The number of carbonyl (C=O) groups is 2. The number of likely N-dealkylation sites (N-methyl/N-ethyl adjacent to an activating group) is 1. The highest BCUT2D eigenvalue weighted by molar-refractivity contribution is 5.96. The molecule has 2 saturated heterocycles. The van der Waals surface area contributed by atoms with Crippen molar-refractivity contribution in [3.05, 3.63) is 47.5 Å². The molecule has 0 spiro atoms. The highest BCUT2D eigenvalue weighted by Gasteiger charge is 2.38. The number of hydrazine groups is 1. The number of piperidine rings is 1. The van der Waals surface area contributed by atoms with Gasteiger partial charge in [0.15, 0.2) is 17.0 Å². The van der Waals surface area contributed by atoms with Crippen LogP contribution in [-0.4, -0.2) is 116 Å². The van der Waals surface area contributed by atoms with Gasteiger partial charge in [-0.3, -0.25) is 25.0 Å². The maximum absolute atomic E-state index is 13.5. The Bertz CT molecular complexity index is 1620. The second-order valence-electron chi connectivity index (χ2n) is 13.1. The predicted molar refractivity (Wildman–Crippen MR) is 175 cm³/mol. The van der Waals surface area contributed by atoms with Crippen LogP contribution in [0.5, 0.6) is 0 Å². The lowest BCUT2D eigenvalue weighted by Gasteiger charge is -2.42. The van der Waals surface area contributed by atoms with Gasteiger partial charge in [-0.1, -0.05) is 25.0 Å². The lowest BCUT2D eigenvalue weighted by molar-refractivity contribution is -0.192. The van der Waals surface area contributed by atoms with Crippen molar-refractivity contribution in [2.45, 2.75) is 57.3 Å². The highest BCUT2D eigenvalue weighted by atomic mass is 19.4. The molecule has 0 atom stereocenters. The summed E-state index contributed by atoms with van der Waals surface area (Å²) in [6.45, 7) is 8.46. The van der Waals surface area contributed by atoms with Gasteiger partial charge in [-0.15, -0.1) is 0 Å². The first-order chi connectivity index (χ1) is 23.4. The maximum Gasteiger partial charge on any atom is 0.490 e. The molecule has 2 aromatic heterocycles. The van der Waals surface area contributed by atoms with E-state index < -0.39 is 12.1 Å². The van der Waals surface area contributed by atoms with Crippen LogP contribution in [0.2, 0.25) is 0 Å². The number of piperazine rings is 1. The Labute approximate surface area is 283 Å². The lowest BCUT2D eigenvalue weighted by Crippen LogP contribution is -2.52. The number of nitrogens with one attached hydrogen (secondary N) is 1. The quantitative estimate of drug-likeness (QED) is 0.337. The number of carboxylic acid groups (broad SMARTS) is 1. The maximum atomic E-state index is 13.5. The van der Waals surface area contributed by atoms with Crippen molar-refractivity contribution in [1.29, 1.82) is 5.26 Å². The first-order valence-electron chi connectivity index (χ1n) is 16.6. The average molecular weight is 685 g/mol. The van der Waals surface area contributed by atoms with Crippen molar-refractivity contribution in [2.24, 2.45) is 13.0 Å². The molecule has 0 unspecified atom stereocenters. The van der Waals surface area contributed by atoms with Gasteiger partial charge in [-0.05, 0) is 69.4 Å². The number of carboxylic acids is 1. The van der Waals surface area contributed by atoms with Gasteiger partial charge in [0.2, 0.25) is 5.82 Å².